The van der Waals surface area contributed by atoms with Crippen molar-refractivity contribution in [2.24, 2.45) is 5.73 Å². The van der Waals surface area contributed by atoms with Crippen molar-refractivity contribution in [3.8, 4) is 11.3 Å². The van der Waals surface area contributed by atoms with E-state index in [-0.39, 0.29) is 5.41 Å². The topological polar surface area (TPSA) is 51.8 Å². The van der Waals surface area contributed by atoms with Gasteiger partial charge in [0.1, 0.15) is 5.82 Å². The summed E-state index contributed by atoms with van der Waals surface area (Å²) in [5.74, 6) is 0.918. The molecule has 1 fully saturated rings. The first-order valence-electron chi connectivity index (χ1n) is 7.26. The standard InChI is InChI=1S/C17H21N3/c1-12-4-5-14(10-13(12)2)15-6-9-19-16(20-15)17(11-18)7-3-8-17/h4-6,9-10H,3,7-8,11,18H2,1-2H3. The van der Waals surface area contributed by atoms with Crippen LogP contribution >= 0.6 is 0 Å². The first-order valence-corrected chi connectivity index (χ1v) is 7.26. The zero-order valence-electron chi connectivity index (χ0n) is 12.2. The molecule has 0 bridgehead atoms. The molecule has 20 heavy (non-hydrogen) atoms. The normalized spacial score (nSPS) is 16.8. The van der Waals surface area contributed by atoms with Gasteiger partial charge in [0, 0.05) is 23.7 Å². The largest absolute Gasteiger partial charge is 0.329 e. The summed E-state index contributed by atoms with van der Waals surface area (Å²) >= 11 is 0. The number of benzene rings is 1. The lowest BCUT2D eigenvalue weighted by Gasteiger charge is -2.39. The fourth-order valence-corrected chi connectivity index (χ4v) is 2.80. The van der Waals surface area contributed by atoms with Crippen LogP contribution in [0.5, 0.6) is 0 Å². The van der Waals surface area contributed by atoms with E-state index in [2.05, 4.69) is 37.0 Å². The highest BCUT2D eigenvalue weighted by atomic mass is 14.9. The quantitative estimate of drug-likeness (QED) is 0.929. The van der Waals surface area contributed by atoms with E-state index >= 15 is 0 Å². The van der Waals surface area contributed by atoms with Crippen LogP contribution in [0, 0.1) is 13.8 Å². The van der Waals surface area contributed by atoms with Gasteiger partial charge in [-0.3, -0.25) is 0 Å². The molecule has 0 saturated heterocycles. The molecular weight excluding hydrogens is 246 g/mol. The zero-order chi connectivity index (χ0) is 14.2. The van der Waals surface area contributed by atoms with Crippen LogP contribution in [-0.2, 0) is 5.41 Å². The average molecular weight is 267 g/mol. The van der Waals surface area contributed by atoms with Crippen LogP contribution in [0.2, 0.25) is 0 Å². The van der Waals surface area contributed by atoms with Gasteiger partial charge in [-0.2, -0.15) is 0 Å². The molecule has 1 aromatic carbocycles. The van der Waals surface area contributed by atoms with E-state index in [0.29, 0.717) is 6.54 Å². The van der Waals surface area contributed by atoms with E-state index in [4.69, 9.17) is 10.7 Å². The average Bonchev–Trinajstić information content (AvgIpc) is 2.42. The number of hydrogen-bond donors (Lipinski definition) is 1. The van der Waals surface area contributed by atoms with E-state index in [1.165, 1.54) is 17.5 Å². The Kier molecular flexibility index (Phi) is 3.30. The molecule has 1 saturated carbocycles. The van der Waals surface area contributed by atoms with E-state index in [0.717, 1.165) is 29.9 Å². The Bertz CT molecular complexity index is 624. The maximum atomic E-state index is 5.95. The summed E-state index contributed by atoms with van der Waals surface area (Å²) < 4.78 is 0. The second kappa shape index (κ2) is 4.98. The van der Waals surface area contributed by atoms with Crippen molar-refractivity contribution in [3.05, 3.63) is 47.4 Å². The Balaban J connectivity index is 2.00. The molecule has 0 aliphatic heterocycles. The number of aryl methyl sites for hydroxylation is 2. The molecule has 3 nitrogen and oxygen atoms in total. The smallest absolute Gasteiger partial charge is 0.136 e. The van der Waals surface area contributed by atoms with Crippen molar-refractivity contribution in [1.82, 2.24) is 9.97 Å². The maximum Gasteiger partial charge on any atom is 0.136 e. The first kappa shape index (κ1) is 13.3. The monoisotopic (exact) mass is 267 g/mol. The van der Waals surface area contributed by atoms with Crippen LogP contribution in [0.3, 0.4) is 0 Å². The van der Waals surface area contributed by atoms with Crippen LogP contribution in [0.4, 0.5) is 0 Å². The molecule has 3 rings (SSSR count). The lowest BCUT2D eigenvalue weighted by Crippen LogP contribution is -2.43. The summed E-state index contributed by atoms with van der Waals surface area (Å²) in [6.07, 6.45) is 5.32. The predicted octanol–water partition coefficient (Wildman–Crippen LogP) is 3.14. The Labute approximate surface area is 120 Å². The van der Waals surface area contributed by atoms with E-state index in [1.807, 2.05) is 12.3 Å². The summed E-state index contributed by atoms with van der Waals surface area (Å²) in [7, 11) is 0. The van der Waals surface area contributed by atoms with Gasteiger partial charge in [-0.1, -0.05) is 18.6 Å². The van der Waals surface area contributed by atoms with E-state index < -0.39 is 0 Å². The maximum absolute atomic E-state index is 5.95. The molecule has 0 unspecified atom stereocenters. The number of aromatic nitrogens is 2. The van der Waals surface area contributed by atoms with Crippen LogP contribution in [0.25, 0.3) is 11.3 Å². The van der Waals surface area contributed by atoms with Crippen molar-refractivity contribution in [1.29, 1.82) is 0 Å². The Morgan fingerprint density at radius 3 is 2.55 bits per heavy atom. The second-order valence-electron chi connectivity index (χ2n) is 5.90. The van der Waals surface area contributed by atoms with Crippen LogP contribution in [0.15, 0.2) is 30.5 Å². The van der Waals surface area contributed by atoms with Crippen LogP contribution < -0.4 is 5.73 Å². The van der Waals surface area contributed by atoms with Gasteiger partial charge < -0.3 is 5.73 Å². The molecule has 1 aromatic heterocycles. The minimum absolute atomic E-state index is 0.0236. The fourth-order valence-electron chi connectivity index (χ4n) is 2.80. The molecule has 1 aliphatic carbocycles. The van der Waals surface area contributed by atoms with Crippen molar-refractivity contribution in [2.45, 2.75) is 38.5 Å². The predicted molar refractivity (Wildman–Crippen MR) is 81.5 cm³/mol. The van der Waals surface area contributed by atoms with Crippen molar-refractivity contribution < 1.29 is 0 Å². The second-order valence-corrected chi connectivity index (χ2v) is 5.90. The lowest BCUT2D eigenvalue weighted by atomic mass is 9.68. The number of nitrogens with zero attached hydrogens (tertiary/aromatic N) is 2. The molecule has 1 aliphatic rings. The minimum atomic E-state index is 0.0236. The summed E-state index contributed by atoms with van der Waals surface area (Å²) in [6.45, 7) is 4.90. The van der Waals surface area contributed by atoms with Gasteiger partial charge in [-0.15, -0.1) is 0 Å². The fraction of sp³-hybridized carbons (Fsp3) is 0.412. The summed E-state index contributed by atoms with van der Waals surface area (Å²) in [4.78, 5) is 9.27. The van der Waals surface area contributed by atoms with E-state index in [1.54, 1.807) is 0 Å². The molecule has 0 atom stereocenters. The SMILES string of the molecule is Cc1ccc(-c2ccnc(C3(CN)CCC3)n2)cc1C. The molecule has 0 spiro atoms. The molecular formula is C17H21N3. The summed E-state index contributed by atoms with van der Waals surface area (Å²) in [5.41, 5.74) is 10.7. The Hall–Kier alpha value is -1.74. The van der Waals surface area contributed by atoms with Crippen LogP contribution in [0.1, 0.15) is 36.2 Å². The molecule has 2 N–H and O–H groups in total. The highest BCUT2D eigenvalue weighted by Gasteiger charge is 2.40. The molecule has 2 aromatic rings. The first-order chi connectivity index (χ1) is 9.64. The van der Waals surface area contributed by atoms with Gasteiger partial charge in [0.05, 0.1) is 5.69 Å². The third-order valence-electron chi connectivity index (χ3n) is 4.63. The zero-order valence-corrected chi connectivity index (χ0v) is 12.2. The van der Waals surface area contributed by atoms with Gasteiger partial charge in [-0.05, 0) is 49.9 Å². The highest BCUT2D eigenvalue weighted by Crippen LogP contribution is 2.41. The van der Waals surface area contributed by atoms with Gasteiger partial charge in [0.15, 0.2) is 0 Å². The lowest BCUT2D eigenvalue weighted by molar-refractivity contribution is 0.238. The number of hydrogen-bond acceptors (Lipinski definition) is 3. The van der Waals surface area contributed by atoms with Gasteiger partial charge in [0.25, 0.3) is 0 Å². The third kappa shape index (κ3) is 2.12. The van der Waals surface area contributed by atoms with Gasteiger partial charge in [-0.25, -0.2) is 9.97 Å². The molecule has 104 valence electrons. The number of rotatable bonds is 3. The molecule has 0 radical (unpaired) electrons. The van der Waals surface area contributed by atoms with Crippen molar-refractivity contribution >= 4 is 0 Å². The minimum Gasteiger partial charge on any atom is -0.329 e. The van der Waals surface area contributed by atoms with E-state index in [9.17, 15) is 0 Å². The van der Waals surface area contributed by atoms with Crippen molar-refractivity contribution in [3.63, 3.8) is 0 Å². The van der Waals surface area contributed by atoms with Gasteiger partial charge in [0.2, 0.25) is 0 Å². The van der Waals surface area contributed by atoms with Crippen LogP contribution in [-0.4, -0.2) is 16.5 Å². The number of nitrogens with two attached hydrogens (primary N) is 1. The molecule has 1 heterocycles. The summed E-state index contributed by atoms with van der Waals surface area (Å²) in [6, 6.07) is 8.45. The highest BCUT2D eigenvalue weighted by molar-refractivity contribution is 5.60. The Morgan fingerprint density at radius 1 is 1.15 bits per heavy atom. The summed E-state index contributed by atoms with van der Waals surface area (Å²) in [5, 5.41) is 0. The van der Waals surface area contributed by atoms with Gasteiger partial charge >= 0.3 is 0 Å². The Morgan fingerprint density at radius 2 is 1.95 bits per heavy atom. The molecule has 3 heteroatoms. The molecule has 0 amide bonds. The van der Waals surface area contributed by atoms with Crippen molar-refractivity contribution in [2.75, 3.05) is 6.54 Å². The third-order valence-corrected chi connectivity index (χ3v) is 4.63.